The number of benzene rings is 1. The highest BCUT2D eigenvalue weighted by atomic mass is 35.5. The average molecular weight is 290 g/mol. The van der Waals surface area contributed by atoms with Gasteiger partial charge in [0.2, 0.25) is 0 Å². The van der Waals surface area contributed by atoms with Gasteiger partial charge in [-0.15, -0.1) is 5.10 Å². The smallest absolute Gasteiger partial charge is 0.183 e. The van der Waals surface area contributed by atoms with E-state index in [1.54, 1.807) is 6.07 Å². The summed E-state index contributed by atoms with van der Waals surface area (Å²) in [6.07, 6.45) is 5.17. The van der Waals surface area contributed by atoms with Gasteiger partial charge in [-0.05, 0) is 59.7 Å². The van der Waals surface area contributed by atoms with Crippen molar-refractivity contribution in [2.45, 2.75) is 31.7 Å². The van der Waals surface area contributed by atoms with Crippen LogP contribution in [0, 0.1) is 11.8 Å². The largest absolute Gasteiger partial charge is 0.399 e. The van der Waals surface area contributed by atoms with Gasteiger partial charge in [0.1, 0.15) is 0 Å². The summed E-state index contributed by atoms with van der Waals surface area (Å²) in [5.74, 6) is 2.33. The van der Waals surface area contributed by atoms with Gasteiger partial charge in [0.05, 0.1) is 11.1 Å². The molecule has 1 aromatic heterocycles. The molecule has 2 aliphatic rings. The number of tetrazole rings is 1. The Labute approximate surface area is 122 Å². The topological polar surface area (TPSA) is 69.6 Å². The number of nitrogens with zero attached hydrogens (tertiary/aromatic N) is 4. The SMILES string of the molecule is Nc1ccc(-c2nnnn2C2CC3CCC2C3)c(Cl)c1. The van der Waals surface area contributed by atoms with Crippen LogP contribution >= 0.6 is 11.6 Å². The number of nitrogen functional groups attached to an aromatic ring is 1. The number of fused-ring (bicyclic) bond motifs is 2. The Morgan fingerprint density at radius 2 is 2.15 bits per heavy atom. The first-order valence-corrected chi connectivity index (χ1v) is 7.43. The van der Waals surface area contributed by atoms with Crippen molar-refractivity contribution in [1.82, 2.24) is 20.2 Å². The number of rotatable bonds is 2. The number of hydrogen-bond donors (Lipinski definition) is 1. The maximum absolute atomic E-state index is 6.29. The van der Waals surface area contributed by atoms with Crippen molar-refractivity contribution < 1.29 is 0 Å². The first-order chi connectivity index (χ1) is 9.72. The third-order valence-electron chi connectivity index (χ3n) is 4.74. The van der Waals surface area contributed by atoms with E-state index in [1.807, 2.05) is 16.8 Å². The maximum atomic E-state index is 6.29. The van der Waals surface area contributed by atoms with Crippen LogP contribution in [0.2, 0.25) is 5.02 Å². The lowest BCUT2D eigenvalue weighted by Gasteiger charge is -2.22. The van der Waals surface area contributed by atoms with Gasteiger partial charge in [-0.2, -0.15) is 0 Å². The molecule has 3 atom stereocenters. The van der Waals surface area contributed by atoms with E-state index >= 15 is 0 Å². The standard InChI is InChI=1S/C14H16ClN5/c15-12-7-10(16)3-4-11(12)14-17-18-19-20(14)13-6-8-1-2-9(13)5-8/h3-4,7-9,13H,1-2,5-6,16H2. The summed E-state index contributed by atoms with van der Waals surface area (Å²) in [6, 6.07) is 5.90. The Morgan fingerprint density at radius 1 is 1.25 bits per heavy atom. The van der Waals surface area contributed by atoms with Crippen LogP contribution in [0.5, 0.6) is 0 Å². The molecule has 2 N–H and O–H groups in total. The first-order valence-electron chi connectivity index (χ1n) is 7.05. The zero-order valence-electron chi connectivity index (χ0n) is 11.0. The Bertz CT molecular complexity index is 653. The normalized spacial score (nSPS) is 28.1. The summed E-state index contributed by atoms with van der Waals surface area (Å²) in [5, 5.41) is 12.9. The third-order valence-corrected chi connectivity index (χ3v) is 5.05. The van der Waals surface area contributed by atoms with Gasteiger partial charge < -0.3 is 5.73 Å². The maximum Gasteiger partial charge on any atom is 0.183 e. The fourth-order valence-corrected chi connectivity index (χ4v) is 4.09. The zero-order valence-corrected chi connectivity index (χ0v) is 11.8. The zero-order chi connectivity index (χ0) is 13.7. The molecule has 3 unspecified atom stereocenters. The molecule has 2 saturated carbocycles. The summed E-state index contributed by atoms with van der Waals surface area (Å²) < 4.78 is 1.97. The van der Waals surface area contributed by atoms with Crippen LogP contribution in [0.3, 0.4) is 0 Å². The second-order valence-corrected chi connectivity index (χ2v) is 6.34. The second kappa shape index (κ2) is 4.45. The molecule has 2 fully saturated rings. The predicted molar refractivity (Wildman–Crippen MR) is 77.2 cm³/mol. The molecule has 20 heavy (non-hydrogen) atoms. The fraction of sp³-hybridized carbons (Fsp3) is 0.500. The molecule has 2 bridgehead atoms. The van der Waals surface area contributed by atoms with E-state index < -0.39 is 0 Å². The summed E-state index contributed by atoms with van der Waals surface area (Å²) in [4.78, 5) is 0. The highest BCUT2D eigenvalue weighted by Gasteiger charge is 2.42. The molecular formula is C14H16ClN5. The summed E-state index contributed by atoms with van der Waals surface area (Å²) >= 11 is 6.29. The minimum Gasteiger partial charge on any atom is -0.399 e. The number of anilines is 1. The Hall–Kier alpha value is -1.62. The number of nitrogens with two attached hydrogens (primary N) is 1. The number of aromatic nitrogens is 4. The number of halogens is 1. The van der Waals surface area contributed by atoms with Gasteiger partial charge in [0.25, 0.3) is 0 Å². The molecule has 0 saturated heterocycles. The summed E-state index contributed by atoms with van der Waals surface area (Å²) in [6.45, 7) is 0. The van der Waals surface area contributed by atoms with Crippen molar-refractivity contribution in [2.24, 2.45) is 11.8 Å². The molecule has 0 aliphatic heterocycles. The summed E-state index contributed by atoms with van der Waals surface area (Å²) in [5.41, 5.74) is 7.25. The van der Waals surface area contributed by atoms with E-state index in [0.717, 1.165) is 23.2 Å². The van der Waals surface area contributed by atoms with Crippen molar-refractivity contribution >= 4 is 17.3 Å². The van der Waals surface area contributed by atoms with Crippen molar-refractivity contribution in [3.63, 3.8) is 0 Å². The van der Waals surface area contributed by atoms with Crippen LogP contribution in [0.1, 0.15) is 31.7 Å². The lowest BCUT2D eigenvalue weighted by atomic mass is 9.95. The molecular weight excluding hydrogens is 274 g/mol. The summed E-state index contributed by atoms with van der Waals surface area (Å²) in [7, 11) is 0. The molecule has 0 amide bonds. The van der Waals surface area contributed by atoms with Crippen molar-refractivity contribution in [3.8, 4) is 11.4 Å². The average Bonchev–Trinajstić information content (AvgIpc) is 3.14. The molecule has 104 valence electrons. The highest BCUT2D eigenvalue weighted by Crippen LogP contribution is 2.51. The van der Waals surface area contributed by atoms with Crippen LogP contribution < -0.4 is 5.73 Å². The van der Waals surface area contributed by atoms with Crippen LogP contribution in [-0.2, 0) is 0 Å². The predicted octanol–water partition coefficient (Wildman–Crippen LogP) is 2.94. The Kier molecular flexibility index (Phi) is 2.70. The van der Waals surface area contributed by atoms with Gasteiger partial charge in [-0.1, -0.05) is 18.0 Å². The van der Waals surface area contributed by atoms with Gasteiger partial charge in [-0.25, -0.2) is 4.68 Å². The van der Waals surface area contributed by atoms with Crippen LogP contribution in [0.4, 0.5) is 5.69 Å². The van der Waals surface area contributed by atoms with Gasteiger partial charge >= 0.3 is 0 Å². The van der Waals surface area contributed by atoms with E-state index in [1.165, 1.54) is 25.7 Å². The van der Waals surface area contributed by atoms with Crippen molar-refractivity contribution in [2.75, 3.05) is 5.73 Å². The first kappa shape index (κ1) is 12.1. The van der Waals surface area contributed by atoms with Crippen molar-refractivity contribution in [3.05, 3.63) is 23.2 Å². The monoisotopic (exact) mass is 289 g/mol. The molecule has 0 spiro atoms. The molecule has 2 aliphatic carbocycles. The van der Waals surface area contributed by atoms with Crippen LogP contribution in [0.25, 0.3) is 11.4 Å². The molecule has 2 aromatic rings. The minimum atomic E-state index is 0.423. The number of hydrogen-bond acceptors (Lipinski definition) is 4. The quantitative estimate of drug-likeness (QED) is 0.863. The lowest BCUT2D eigenvalue weighted by Crippen LogP contribution is -2.18. The van der Waals surface area contributed by atoms with E-state index in [2.05, 4.69) is 15.5 Å². The Balaban J connectivity index is 1.75. The highest BCUT2D eigenvalue weighted by molar-refractivity contribution is 6.33. The van der Waals surface area contributed by atoms with Gasteiger partial charge in [-0.3, -0.25) is 0 Å². The van der Waals surface area contributed by atoms with Crippen molar-refractivity contribution in [1.29, 1.82) is 0 Å². The Morgan fingerprint density at radius 3 is 2.85 bits per heavy atom. The minimum absolute atomic E-state index is 0.423. The lowest BCUT2D eigenvalue weighted by molar-refractivity contribution is 0.304. The molecule has 6 heteroatoms. The van der Waals surface area contributed by atoms with Gasteiger partial charge in [0.15, 0.2) is 5.82 Å². The molecule has 4 rings (SSSR count). The van der Waals surface area contributed by atoms with E-state index in [9.17, 15) is 0 Å². The molecule has 1 aromatic carbocycles. The third kappa shape index (κ3) is 1.80. The van der Waals surface area contributed by atoms with E-state index in [-0.39, 0.29) is 0 Å². The van der Waals surface area contributed by atoms with Crippen LogP contribution in [0.15, 0.2) is 18.2 Å². The molecule has 5 nitrogen and oxygen atoms in total. The second-order valence-electron chi connectivity index (χ2n) is 5.93. The van der Waals surface area contributed by atoms with Gasteiger partial charge in [0, 0.05) is 11.3 Å². The molecule has 0 radical (unpaired) electrons. The van der Waals surface area contributed by atoms with Crippen LogP contribution in [-0.4, -0.2) is 20.2 Å². The fourth-order valence-electron chi connectivity index (χ4n) is 3.82. The molecule has 1 heterocycles. The van der Waals surface area contributed by atoms with E-state index in [4.69, 9.17) is 17.3 Å². The van der Waals surface area contributed by atoms with E-state index in [0.29, 0.717) is 16.8 Å².